The molecule has 0 aliphatic carbocycles. The molecule has 2 amide bonds. The highest BCUT2D eigenvalue weighted by molar-refractivity contribution is 7.99. The van der Waals surface area contributed by atoms with Crippen molar-refractivity contribution in [3.8, 4) is 0 Å². The van der Waals surface area contributed by atoms with E-state index in [-0.39, 0.29) is 22.4 Å². The van der Waals surface area contributed by atoms with Crippen molar-refractivity contribution >= 4 is 52.5 Å². The number of hydrogen-bond acceptors (Lipinski definition) is 5. The van der Waals surface area contributed by atoms with Gasteiger partial charge in [-0.05, 0) is 37.3 Å². The van der Waals surface area contributed by atoms with Crippen LogP contribution in [-0.2, 0) is 18.0 Å². The highest BCUT2D eigenvalue weighted by atomic mass is 35.5. The minimum absolute atomic E-state index is 0.0182. The number of amides is 2. The second kappa shape index (κ2) is 10.7. The van der Waals surface area contributed by atoms with Gasteiger partial charge in [0.15, 0.2) is 11.0 Å². The summed E-state index contributed by atoms with van der Waals surface area (Å²) >= 11 is 13.0. The van der Waals surface area contributed by atoms with Crippen LogP contribution in [0, 0.1) is 0 Å². The first-order valence-corrected chi connectivity index (χ1v) is 11.5. The molecule has 7 nitrogen and oxygen atoms in total. The highest BCUT2D eigenvalue weighted by Crippen LogP contribution is 2.34. The molecule has 3 aromatic rings. The van der Waals surface area contributed by atoms with Gasteiger partial charge in [-0.2, -0.15) is 13.2 Å². The molecule has 1 atom stereocenters. The molecule has 0 aliphatic heterocycles. The van der Waals surface area contributed by atoms with Gasteiger partial charge in [0.05, 0.1) is 38.7 Å². The summed E-state index contributed by atoms with van der Waals surface area (Å²) < 4.78 is 40.3. The molecule has 1 heterocycles. The Morgan fingerprint density at radius 3 is 2.50 bits per heavy atom. The van der Waals surface area contributed by atoms with E-state index >= 15 is 0 Å². The molecule has 0 aliphatic rings. The third-order valence-electron chi connectivity index (χ3n) is 4.62. The van der Waals surface area contributed by atoms with Gasteiger partial charge in [0.2, 0.25) is 5.91 Å². The number of hydrogen-bond donors (Lipinski definition) is 2. The normalized spacial score (nSPS) is 12.3. The Morgan fingerprint density at radius 1 is 1.12 bits per heavy atom. The fourth-order valence-corrected chi connectivity index (χ4v) is 4.03. The summed E-state index contributed by atoms with van der Waals surface area (Å²) in [5, 5.41) is 13.9. The topological polar surface area (TPSA) is 88.9 Å². The number of nitrogens with one attached hydrogen (secondary N) is 2. The first-order chi connectivity index (χ1) is 16.0. The van der Waals surface area contributed by atoms with E-state index in [1.165, 1.54) is 0 Å². The van der Waals surface area contributed by atoms with Crippen LogP contribution in [0.25, 0.3) is 0 Å². The minimum atomic E-state index is -4.56. The number of thioether (sulfide) groups is 1. The summed E-state index contributed by atoms with van der Waals surface area (Å²) in [4.78, 5) is 24.8. The second-order valence-electron chi connectivity index (χ2n) is 7.10. The lowest BCUT2D eigenvalue weighted by atomic mass is 10.2. The van der Waals surface area contributed by atoms with E-state index in [9.17, 15) is 22.8 Å². The molecule has 0 fully saturated rings. The van der Waals surface area contributed by atoms with Gasteiger partial charge in [-0.3, -0.25) is 9.59 Å². The average molecular weight is 532 g/mol. The molecule has 180 valence electrons. The molecule has 2 aromatic carbocycles. The molecule has 0 saturated carbocycles. The van der Waals surface area contributed by atoms with E-state index in [1.54, 1.807) is 42.8 Å². The fourth-order valence-electron chi connectivity index (χ4n) is 2.93. The summed E-state index contributed by atoms with van der Waals surface area (Å²) in [6.45, 7) is 1.72. The van der Waals surface area contributed by atoms with Gasteiger partial charge in [-0.25, -0.2) is 0 Å². The van der Waals surface area contributed by atoms with Crippen LogP contribution in [0.15, 0.2) is 47.6 Å². The quantitative estimate of drug-likeness (QED) is 0.400. The Kier molecular flexibility index (Phi) is 8.11. The Morgan fingerprint density at radius 2 is 1.82 bits per heavy atom. The van der Waals surface area contributed by atoms with Crippen LogP contribution in [0.4, 0.5) is 18.9 Å². The van der Waals surface area contributed by atoms with Gasteiger partial charge in [-0.1, -0.05) is 47.1 Å². The monoisotopic (exact) mass is 531 g/mol. The van der Waals surface area contributed by atoms with Crippen LogP contribution < -0.4 is 10.6 Å². The molecule has 0 unspecified atom stereocenters. The van der Waals surface area contributed by atoms with E-state index in [2.05, 4.69) is 20.8 Å². The molecule has 13 heteroatoms. The molecule has 1 aromatic heterocycles. The maximum atomic E-state index is 12.9. The number of anilines is 1. The van der Waals surface area contributed by atoms with Crippen LogP contribution in [-0.4, -0.2) is 32.3 Å². The second-order valence-corrected chi connectivity index (χ2v) is 8.86. The van der Waals surface area contributed by atoms with E-state index in [0.29, 0.717) is 21.6 Å². The maximum Gasteiger partial charge on any atom is 0.416 e. The fraction of sp³-hybridized carbons (Fsp3) is 0.238. The smallest absolute Gasteiger partial charge is 0.342 e. The van der Waals surface area contributed by atoms with Gasteiger partial charge in [0.25, 0.3) is 5.91 Å². The van der Waals surface area contributed by atoms with E-state index in [0.717, 1.165) is 30.0 Å². The third kappa shape index (κ3) is 6.22. The summed E-state index contributed by atoms with van der Waals surface area (Å²) in [6, 6.07) is 8.77. The van der Waals surface area contributed by atoms with Crippen molar-refractivity contribution < 1.29 is 22.8 Å². The van der Waals surface area contributed by atoms with Gasteiger partial charge >= 0.3 is 6.18 Å². The number of halogens is 5. The number of carbonyl (C=O) groups excluding carboxylic acids is 2. The Bertz CT molecular complexity index is 1220. The predicted octanol–water partition coefficient (Wildman–Crippen LogP) is 5.36. The zero-order chi connectivity index (χ0) is 25.0. The Labute approximate surface area is 207 Å². The van der Waals surface area contributed by atoms with E-state index in [4.69, 9.17) is 23.2 Å². The minimum Gasteiger partial charge on any atom is -0.342 e. The number of alkyl halides is 3. The van der Waals surface area contributed by atoms with Crippen molar-refractivity contribution in [1.82, 2.24) is 20.1 Å². The van der Waals surface area contributed by atoms with Crippen molar-refractivity contribution in [1.29, 1.82) is 0 Å². The van der Waals surface area contributed by atoms with E-state index < -0.39 is 23.7 Å². The number of benzene rings is 2. The van der Waals surface area contributed by atoms with Crippen molar-refractivity contribution in [3.05, 3.63) is 69.5 Å². The molecule has 0 saturated heterocycles. The van der Waals surface area contributed by atoms with Crippen LogP contribution in [0.5, 0.6) is 0 Å². The average Bonchev–Trinajstić information content (AvgIpc) is 3.13. The molecule has 0 bridgehead atoms. The maximum absolute atomic E-state index is 12.9. The summed E-state index contributed by atoms with van der Waals surface area (Å²) in [6.07, 6.45) is -4.56. The summed E-state index contributed by atoms with van der Waals surface area (Å²) in [5.74, 6) is -0.674. The zero-order valence-electron chi connectivity index (χ0n) is 17.8. The lowest BCUT2D eigenvalue weighted by Crippen LogP contribution is -2.28. The van der Waals surface area contributed by atoms with Crippen LogP contribution in [0.1, 0.15) is 34.7 Å². The Balaban J connectivity index is 1.62. The lowest BCUT2D eigenvalue weighted by molar-refractivity contribution is -0.137. The molecular weight excluding hydrogens is 514 g/mol. The molecule has 2 N–H and O–H groups in total. The standard InChI is InChI=1S/C21H18Cl2F3N5O2S/c1-11(27-19(33)13-5-3-4-6-14(13)22)18-29-30-20(31(18)2)34-10-17(32)28-16-9-12(21(24,25)26)7-8-15(16)23/h3-9,11H,10H2,1-2H3,(H,27,33)(H,28,32)/t11-/m0/s1. The highest BCUT2D eigenvalue weighted by Gasteiger charge is 2.31. The summed E-state index contributed by atoms with van der Waals surface area (Å²) in [7, 11) is 1.66. The molecule has 0 radical (unpaired) electrons. The SMILES string of the molecule is C[C@H](NC(=O)c1ccccc1Cl)c1nnc(SCC(=O)Nc2cc(C(F)(F)F)ccc2Cl)n1C. The van der Waals surface area contributed by atoms with Crippen molar-refractivity contribution in [2.45, 2.75) is 24.3 Å². The molecular formula is C21H18Cl2F3N5O2S. The number of carbonyl (C=O) groups is 2. The first kappa shape index (κ1) is 25.9. The zero-order valence-corrected chi connectivity index (χ0v) is 20.1. The van der Waals surface area contributed by atoms with Crippen LogP contribution in [0.2, 0.25) is 10.0 Å². The molecule has 0 spiro atoms. The van der Waals surface area contributed by atoms with Crippen LogP contribution >= 0.6 is 35.0 Å². The predicted molar refractivity (Wildman–Crippen MR) is 124 cm³/mol. The molecule has 3 rings (SSSR count). The van der Waals surface area contributed by atoms with Gasteiger partial charge in [-0.15, -0.1) is 10.2 Å². The number of nitrogens with zero attached hydrogens (tertiary/aromatic N) is 3. The third-order valence-corrected chi connectivity index (χ3v) is 6.30. The van der Waals surface area contributed by atoms with Gasteiger partial charge in [0, 0.05) is 7.05 Å². The number of aromatic nitrogens is 3. The van der Waals surface area contributed by atoms with E-state index in [1.807, 2.05) is 0 Å². The molecule has 34 heavy (non-hydrogen) atoms. The number of rotatable bonds is 7. The lowest BCUT2D eigenvalue weighted by Gasteiger charge is -2.14. The van der Waals surface area contributed by atoms with Crippen molar-refractivity contribution in [2.24, 2.45) is 7.05 Å². The first-order valence-electron chi connectivity index (χ1n) is 9.71. The Hall–Kier alpha value is -2.76. The largest absolute Gasteiger partial charge is 0.416 e. The van der Waals surface area contributed by atoms with Crippen LogP contribution in [0.3, 0.4) is 0 Å². The summed E-state index contributed by atoms with van der Waals surface area (Å²) in [5.41, 5.74) is -0.750. The van der Waals surface area contributed by atoms with Crippen molar-refractivity contribution in [3.63, 3.8) is 0 Å². The van der Waals surface area contributed by atoms with Gasteiger partial charge in [0.1, 0.15) is 0 Å². The van der Waals surface area contributed by atoms with Gasteiger partial charge < -0.3 is 15.2 Å². The van der Waals surface area contributed by atoms with Crippen molar-refractivity contribution in [2.75, 3.05) is 11.1 Å².